The number of benzene rings is 3. The van der Waals surface area contributed by atoms with Crippen molar-refractivity contribution in [1.29, 1.82) is 0 Å². The van der Waals surface area contributed by atoms with Crippen LogP contribution >= 0.6 is 23.0 Å². The fourth-order valence-electron chi connectivity index (χ4n) is 2.27. The van der Waals surface area contributed by atoms with Crippen molar-refractivity contribution < 1.29 is 8.17 Å². The summed E-state index contributed by atoms with van der Waals surface area (Å²) < 4.78 is 5.19. The van der Waals surface area contributed by atoms with Gasteiger partial charge in [-0.15, -0.1) is 0 Å². The van der Waals surface area contributed by atoms with E-state index in [1.807, 2.05) is 77.6 Å². The summed E-state index contributed by atoms with van der Waals surface area (Å²) in [6, 6.07) is 25.1. The molecule has 0 radical (unpaired) electrons. The fourth-order valence-corrected chi connectivity index (χ4v) is 2.57. The van der Waals surface area contributed by atoms with Crippen LogP contribution < -0.4 is 7.97 Å². The number of nitrogens with zero attached hydrogens (tertiary/aromatic N) is 1. The zero-order valence-electron chi connectivity index (χ0n) is 11.7. The molecule has 1 N–H and O–H groups in total. The summed E-state index contributed by atoms with van der Waals surface area (Å²) in [6.07, 6.45) is 0. The zero-order chi connectivity index (χ0) is 15.4. The second-order valence-corrected chi connectivity index (χ2v) is 5.20. The standard InChI is InChI=1S/C18H14INO2/c19-22-18-12-8-16(9-13-18)20(14-4-2-1-3-5-14)15-6-10-17(21)11-7-15/h1-13,21H. The van der Waals surface area contributed by atoms with Gasteiger partial charge in [-0.05, 0) is 60.7 Å². The first kappa shape index (κ1) is 14.7. The highest BCUT2D eigenvalue weighted by Gasteiger charge is 2.12. The van der Waals surface area contributed by atoms with Crippen molar-refractivity contribution in [3.63, 3.8) is 0 Å². The number of para-hydroxylation sites is 1. The molecule has 0 saturated heterocycles. The predicted octanol–water partition coefficient (Wildman–Crippen LogP) is 5.59. The van der Waals surface area contributed by atoms with Gasteiger partial charge in [0.05, 0.1) is 0 Å². The molecule has 110 valence electrons. The summed E-state index contributed by atoms with van der Waals surface area (Å²) in [4.78, 5) is 2.12. The van der Waals surface area contributed by atoms with Crippen LogP contribution in [-0.4, -0.2) is 5.11 Å². The third-order valence-electron chi connectivity index (χ3n) is 3.31. The SMILES string of the molecule is Oc1ccc(N(c2ccccc2)c2ccc(OI)cc2)cc1. The van der Waals surface area contributed by atoms with Crippen molar-refractivity contribution in [3.05, 3.63) is 78.9 Å². The molecule has 22 heavy (non-hydrogen) atoms. The van der Waals surface area contributed by atoms with Crippen molar-refractivity contribution in [3.8, 4) is 11.5 Å². The van der Waals surface area contributed by atoms with Crippen LogP contribution in [-0.2, 0) is 0 Å². The van der Waals surface area contributed by atoms with Gasteiger partial charge in [-0.3, -0.25) is 0 Å². The van der Waals surface area contributed by atoms with Gasteiger partial charge in [0.1, 0.15) is 11.5 Å². The molecule has 0 aliphatic carbocycles. The third-order valence-corrected chi connectivity index (χ3v) is 3.81. The Balaban J connectivity index is 2.07. The molecule has 4 heteroatoms. The van der Waals surface area contributed by atoms with Crippen molar-refractivity contribution >= 4 is 40.1 Å². The molecule has 0 heterocycles. The molecular weight excluding hydrogens is 389 g/mol. The minimum Gasteiger partial charge on any atom is -0.508 e. The maximum absolute atomic E-state index is 9.51. The quantitative estimate of drug-likeness (QED) is 0.577. The fraction of sp³-hybridized carbons (Fsp3) is 0. The lowest BCUT2D eigenvalue weighted by molar-refractivity contribution is 0.475. The molecule has 0 atom stereocenters. The number of phenolic OH excluding ortho intramolecular Hbond substituents is 1. The maximum atomic E-state index is 9.51. The molecule has 0 bridgehead atoms. The Morgan fingerprint density at radius 1 is 0.682 bits per heavy atom. The van der Waals surface area contributed by atoms with Crippen LogP contribution in [0, 0.1) is 0 Å². The van der Waals surface area contributed by atoms with E-state index in [2.05, 4.69) is 17.0 Å². The van der Waals surface area contributed by atoms with Gasteiger partial charge in [-0.25, -0.2) is 0 Å². The Bertz CT molecular complexity index is 727. The highest BCUT2D eigenvalue weighted by molar-refractivity contribution is 14.1. The number of rotatable bonds is 4. The molecule has 0 unspecified atom stereocenters. The van der Waals surface area contributed by atoms with E-state index in [-0.39, 0.29) is 5.75 Å². The van der Waals surface area contributed by atoms with Crippen LogP contribution in [0.1, 0.15) is 0 Å². The first-order valence-electron chi connectivity index (χ1n) is 6.81. The molecule has 0 saturated carbocycles. The molecule has 0 spiro atoms. The van der Waals surface area contributed by atoms with E-state index in [1.54, 1.807) is 12.1 Å². The summed E-state index contributed by atoms with van der Waals surface area (Å²) in [6.45, 7) is 0. The molecule has 3 aromatic carbocycles. The molecule has 3 nitrogen and oxygen atoms in total. The summed E-state index contributed by atoms with van der Waals surface area (Å²) in [5.74, 6) is 1.06. The average molecular weight is 403 g/mol. The van der Waals surface area contributed by atoms with E-state index in [9.17, 15) is 5.11 Å². The lowest BCUT2D eigenvalue weighted by Gasteiger charge is -2.25. The normalized spacial score (nSPS) is 10.2. The number of aromatic hydroxyl groups is 1. The highest BCUT2D eigenvalue weighted by Crippen LogP contribution is 2.35. The van der Waals surface area contributed by atoms with Crippen molar-refractivity contribution in [2.45, 2.75) is 0 Å². The maximum Gasteiger partial charge on any atom is 0.192 e. The first-order chi connectivity index (χ1) is 10.8. The van der Waals surface area contributed by atoms with Gasteiger partial charge in [0.2, 0.25) is 0 Å². The second-order valence-electron chi connectivity index (χ2n) is 4.76. The molecule has 0 aliphatic rings. The van der Waals surface area contributed by atoms with Gasteiger partial charge in [0, 0.05) is 17.1 Å². The number of anilines is 3. The lowest BCUT2D eigenvalue weighted by Crippen LogP contribution is -2.09. The summed E-state index contributed by atoms with van der Waals surface area (Å²) >= 11 is 1.87. The molecule has 3 rings (SSSR count). The van der Waals surface area contributed by atoms with Crippen LogP contribution in [0.4, 0.5) is 17.1 Å². The summed E-state index contributed by atoms with van der Waals surface area (Å²) in [5.41, 5.74) is 3.05. The van der Waals surface area contributed by atoms with Gasteiger partial charge in [0.25, 0.3) is 0 Å². The topological polar surface area (TPSA) is 32.7 Å². The van der Waals surface area contributed by atoms with Gasteiger partial charge in [-0.2, -0.15) is 0 Å². The molecule has 0 aliphatic heterocycles. The Morgan fingerprint density at radius 3 is 1.73 bits per heavy atom. The van der Waals surface area contributed by atoms with Gasteiger partial charge in [-0.1, -0.05) is 18.2 Å². The number of phenols is 1. The first-order valence-corrected chi connectivity index (χ1v) is 7.69. The zero-order valence-corrected chi connectivity index (χ0v) is 13.8. The van der Waals surface area contributed by atoms with E-state index < -0.39 is 0 Å². The number of hydrogen-bond donors (Lipinski definition) is 1. The number of hydrogen-bond acceptors (Lipinski definition) is 3. The highest BCUT2D eigenvalue weighted by atomic mass is 127. The van der Waals surface area contributed by atoms with E-state index in [0.717, 1.165) is 22.8 Å². The Hall–Kier alpha value is -2.21. The van der Waals surface area contributed by atoms with E-state index in [1.165, 1.54) is 0 Å². The smallest absolute Gasteiger partial charge is 0.192 e. The molecule has 0 amide bonds. The molecular formula is C18H14INO2. The van der Waals surface area contributed by atoms with Crippen LogP contribution in [0.3, 0.4) is 0 Å². The number of halogens is 1. The molecule has 0 fully saturated rings. The van der Waals surface area contributed by atoms with Crippen molar-refractivity contribution in [2.75, 3.05) is 4.90 Å². The predicted molar refractivity (Wildman–Crippen MR) is 97.4 cm³/mol. The summed E-state index contributed by atoms with van der Waals surface area (Å²) in [7, 11) is 0. The van der Waals surface area contributed by atoms with Gasteiger partial charge < -0.3 is 13.1 Å². The Labute approximate surface area is 143 Å². The largest absolute Gasteiger partial charge is 0.508 e. The van der Waals surface area contributed by atoms with E-state index in [4.69, 9.17) is 3.07 Å². The third kappa shape index (κ3) is 3.17. The van der Waals surface area contributed by atoms with Gasteiger partial charge >= 0.3 is 0 Å². The Morgan fingerprint density at radius 2 is 1.18 bits per heavy atom. The second kappa shape index (κ2) is 6.70. The van der Waals surface area contributed by atoms with Gasteiger partial charge in [0.15, 0.2) is 23.0 Å². The van der Waals surface area contributed by atoms with E-state index >= 15 is 0 Å². The van der Waals surface area contributed by atoms with Crippen LogP contribution in [0.2, 0.25) is 0 Å². The molecule has 3 aromatic rings. The minimum absolute atomic E-state index is 0.255. The van der Waals surface area contributed by atoms with Crippen LogP contribution in [0.5, 0.6) is 11.5 Å². The van der Waals surface area contributed by atoms with E-state index in [0.29, 0.717) is 0 Å². The minimum atomic E-state index is 0.255. The van der Waals surface area contributed by atoms with Crippen LogP contribution in [0.25, 0.3) is 0 Å². The van der Waals surface area contributed by atoms with Crippen molar-refractivity contribution in [1.82, 2.24) is 0 Å². The Kier molecular flexibility index (Phi) is 4.48. The average Bonchev–Trinajstić information content (AvgIpc) is 2.58. The lowest BCUT2D eigenvalue weighted by atomic mass is 10.2. The monoisotopic (exact) mass is 403 g/mol. The molecule has 0 aromatic heterocycles. The van der Waals surface area contributed by atoms with Crippen LogP contribution in [0.15, 0.2) is 78.9 Å². The van der Waals surface area contributed by atoms with Crippen molar-refractivity contribution in [2.24, 2.45) is 0 Å². The summed E-state index contributed by atoms with van der Waals surface area (Å²) in [5, 5.41) is 9.51.